The van der Waals surface area contributed by atoms with Gasteiger partial charge in [-0.1, -0.05) is 40.9 Å². The first kappa shape index (κ1) is 21.5. The van der Waals surface area contributed by atoms with Crippen molar-refractivity contribution in [3.8, 4) is 0 Å². The van der Waals surface area contributed by atoms with Crippen LogP contribution in [0, 0.1) is 13.8 Å². The molecule has 0 aliphatic heterocycles. The van der Waals surface area contributed by atoms with E-state index in [2.05, 4.69) is 5.32 Å². The minimum absolute atomic E-state index is 0.124. The molecule has 0 saturated heterocycles. The third-order valence-corrected chi connectivity index (χ3v) is 5.73. The number of amides is 1. The van der Waals surface area contributed by atoms with Crippen molar-refractivity contribution in [2.24, 2.45) is 0 Å². The highest BCUT2D eigenvalue weighted by atomic mass is 35.5. The molecule has 27 heavy (non-hydrogen) atoms. The van der Waals surface area contributed by atoms with Crippen LogP contribution in [0.3, 0.4) is 0 Å². The zero-order valence-corrected chi connectivity index (χ0v) is 17.7. The Hall–Kier alpha value is -1.76. The molecule has 5 nitrogen and oxygen atoms in total. The van der Waals surface area contributed by atoms with E-state index in [1.807, 2.05) is 32.0 Å². The summed E-state index contributed by atoms with van der Waals surface area (Å²) in [5, 5.41) is 3.52. The van der Waals surface area contributed by atoms with Gasteiger partial charge in [-0.2, -0.15) is 0 Å². The number of sulfonamides is 1. The average molecular weight is 429 g/mol. The van der Waals surface area contributed by atoms with Gasteiger partial charge in [0, 0.05) is 23.7 Å². The summed E-state index contributed by atoms with van der Waals surface area (Å²) in [6.07, 6.45) is 1.62. The third-order valence-electron chi connectivity index (χ3n) is 4.00. The third kappa shape index (κ3) is 6.13. The number of anilines is 2. The first-order valence-electron chi connectivity index (χ1n) is 8.38. The van der Waals surface area contributed by atoms with E-state index in [0.717, 1.165) is 23.1 Å². The number of halogens is 2. The van der Waals surface area contributed by atoms with Crippen LogP contribution in [0.5, 0.6) is 0 Å². The van der Waals surface area contributed by atoms with Crippen molar-refractivity contribution >= 4 is 50.5 Å². The largest absolute Gasteiger partial charge is 0.326 e. The topological polar surface area (TPSA) is 66.5 Å². The van der Waals surface area contributed by atoms with Gasteiger partial charge in [-0.15, -0.1) is 0 Å². The molecule has 0 atom stereocenters. The minimum atomic E-state index is -3.57. The van der Waals surface area contributed by atoms with Crippen molar-refractivity contribution in [2.75, 3.05) is 22.4 Å². The van der Waals surface area contributed by atoms with Crippen molar-refractivity contribution in [1.29, 1.82) is 0 Å². The smallest absolute Gasteiger partial charge is 0.232 e. The number of hydrogen-bond donors (Lipinski definition) is 1. The number of carbonyl (C=O) groups is 1. The van der Waals surface area contributed by atoms with Gasteiger partial charge in [0.05, 0.1) is 17.0 Å². The number of nitrogens with one attached hydrogen (secondary N) is 1. The Labute approximate surface area is 170 Å². The molecular weight excluding hydrogens is 407 g/mol. The lowest BCUT2D eigenvalue weighted by atomic mass is 10.1. The molecule has 2 aromatic carbocycles. The van der Waals surface area contributed by atoms with Crippen LogP contribution in [0.15, 0.2) is 36.4 Å². The van der Waals surface area contributed by atoms with E-state index >= 15 is 0 Å². The molecule has 1 N–H and O–H groups in total. The highest BCUT2D eigenvalue weighted by Gasteiger charge is 2.20. The molecule has 0 aromatic heterocycles. The van der Waals surface area contributed by atoms with Gasteiger partial charge in [0.15, 0.2) is 0 Å². The number of rotatable bonds is 7. The van der Waals surface area contributed by atoms with E-state index < -0.39 is 10.0 Å². The van der Waals surface area contributed by atoms with Crippen molar-refractivity contribution in [3.05, 3.63) is 57.6 Å². The molecule has 0 radical (unpaired) electrons. The lowest BCUT2D eigenvalue weighted by molar-refractivity contribution is -0.116. The van der Waals surface area contributed by atoms with Crippen molar-refractivity contribution < 1.29 is 13.2 Å². The summed E-state index contributed by atoms with van der Waals surface area (Å²) in [6, 6.07) is 10.4. The lowest BCUT2D eigenvalue weighted by Crippen LogP contribution is -2.31. The standard InChI is InChI=1S/C19H22Cl2N2O3S/c1-13-6-9-17(14(2)11-13)22-19(24)5-4-10-23(27(3,25)26)18-12-15(20)7-8-16(18)21/h6-9,11-12H,4-5,10H2,1-3H3,(H,22,24). The van der Waals surface area contributed by atoms with Crippen LogP contribution in [-0.2, 0) is 14.8 Å². The Morgan fingerprint density at radius 3 is 2.44 bits per heavy atom. The van der Waals surface area contributed by atoms with Gasteiger partial charge >= 0.3 is 0 Å². The zero-order chi connectivity index (χ0) is 20.2. The SMILES string of the molecule is Cc1ccc(NC(=O)CCCN(c2cc(Cl)ccc2Cl)S(C)(=O)=O)c(C)c1. The number of aryl methyl sites for hydroxylation is 2. The van der Waals surface area contributed by atoms with Gasteiger partial charge in [0.25, 0.3) is 0 Å². The summed E-state index contributed by atoms with van der Waals surface area (Å²) in [4.78, 5) is 12.2. The Bertz CT molecular complexity index is 946. The highest BCUT2D eigenvalue weighted by molar-refractivity contribution is 7.92. The molecule has 8 heteroatoms. The molecule has 0 aliphatic carbocycles. The number of hydrogen-bond acceptors (Lipinski definition) is 3. The second-order valence-electron chi connectivity index (χ2n) is 6.40. The molecule has 1 amide bonds. The molecule has 0 spiro atoms. The van der Waals surface area contributed by atoms with Gasteiger partial charge in [-0.05, 0) is 50.1 Å². The Morgan fingerprint density at radius 1 is 1.11 bits per heavy atom. The van der Waals surface area contributed by atoms with Crippen molar-refractivity contribution in [3.63, 3.8) is 0 Å². The van der Waals surface area contributed by atoms with E-state index in [0.29, 0.717) is 17.1 Å². The van der Waals surface area contributed by atoms with E-state index in [-0.39, 0.29) is 23.9 Å². The van der Waals surface area contributed by atoms with Gasteiger partial charge < -0.3 is 5.32 Å². The van der Waals surface area contributed by atoms with Crippen LogP contribution in [0.4, 0.5) is 11.4 Å². The molecule has 0 unspecified atom stereocenters. The summed E-state index contributed by atoms with van der Waals surface area (Å²) in [7, 11) is -3.57. The molecule has 0 aliphatic rings. The van der Waals surface area contributed by atoms with Crippen molar-refractivity contribution in [2.45, 2.75) is 26.7 Å². The lowest BCUT2D eigenvalue weighted by Gasteiger charge is -2.23. The zero-order valence-electron chi connectivity index (χ0n) is 15.4. The number of nitrogens with zero attached hydrogens (tertiary/aromatic N) is 1. The van der Waals surface area contributed by atoms with Gasteiger partial charge in [0.2, 0.25) is 15.9 Å². The number of benzene rings is 2. The fourth-order valence-corrected chi connectivity index (χ4v) is 4.10. The second kappa shape index (κ2) is 8.95. The second-order valence-corrected chi connectivity index (χ2v) is 9.15. The molecule has 0 fully saturated rings. The maximum atomic E-state index is 12.2. The Kier molecular flexibility index (Phi) is 7.14. The molecule has 0 heterocycles. The molecule has 2 aromatic rings. The Balaban J connectivity index is 2.03. The van der Waals surface area contributed by atoms with Crippen LogP contribution in [0.25, 0.3) is 0 Å². The quantitative estimate of drug-likeness (QED) is 0.688. The predicted octanol–water partition coefficient (Wildman–Crippen LogP) is 4.80. The van der Waals surface area contributed by atoms with E-state index in [9.17, 15) is 13.2 Å². The van der Waals surface area contributed by atoms with Crippen LogP contribution >= 0.6 is 23.2 Å². The van der Waals surface area contributed by atoms with E-state index in [4.69, 9.17) is 23.2 Å². The van der Waals surface area contributed by atoms with Crippen LogP contribution < -0.4 is 9.62 Å². The molecular formula is C19H22Cl2N2O3S. The fraction of sp³-hybridized carbons (Fsp3) is 0.316. The Morgan fingerprint density at radius 2 is 1.81 bits per heavy atom. The van der Waals surface area contributed by atoms with Crippen LogP contribution in [0.2, 0.25) is 10.0 Å². The maximum Gasteiger partial charge on any atom is 0.232 e. The monoisotopic (exact) mass is 428 g/mol. The van der Waals surface area contributed by atoms with Crippen molar-refractivity contribution in [1.82, 2.24) is 0 Å². The average Bonchev–Trinajstić information content (AvgIpc) is 2.56. The summed E-state index contributed by atoms with van der Waals surface area (Å²) in [5.74, 6) is -0.174. The van der Waals surface area contributed by atoms with Gasteiger partial charge in [-0.25, -0.2) is 8.42 Å². The fourth-order valence-electron chi connectivity index (χ4n) is 2.69. The van der Waals surface area contributed by atoms with Crippen LogP contribution in [0.1, 0.15) is 24.0 Å². The summed E-state index contributed by atoms with van der Waals surface area (Å²) >= 11 is 12.1. The molecule has 146 valence electrons. The summed E-state index contributed by atoms with van der Waals surface area (Å²) in [5.41, 5.74) is 3.16. The molecule has 0 bridgehead atoms. The first-order valence-corrected chi connectivity index (χ1v) is 11.0. The maximum absolute atomic E-state index is 12.2. The molecule has 2 rings (SSSR count). The first-order chi connectivity index (χ1) is 12.6. The number of carbonyl (C=O) groups excluding carboxylic acids is 1. The van der Waals surface area contributed by atoms with Crippen LogP contribution in [-0.4, -0.2) is 27.1 Å². The van der Waals surface area contributed by atoms with Gasteiger partial charge in [0.1, 0.15) is 0 Å². The summed E-state index contributed by atoms with van der Waals surface area (Å²) < 4.78 is 25.5. The summed E-state index contributed by atoms with van der Waals surface area (Å²) in [6.45, 7) is 4.04. The van der Waals surface area contributed by atoms with E-state index in [1.54, 1.807) is 12.1 Å². The van der Waals surface area contributed by atoms with Gasteiger partial charge in [-0.3, -0.25) is 9.10 Å². The minimum Gasteiger partial charge on any atom is -0.326 e. The normalized spacial score (nSPS) is 11.3. The van der Waals surface area contributed by atoms with E-state index in [1.165, 1.54) is 10.4 Å². The highest BCUT2D eigenvalue weighted by Crippen LogP contribution is 2.31. The molecule has 0 saturated carbocycles. The predicted molar refractivity (Wildman–Crippen MR) is 112 cm³/mol.